The molecule has 138 valence electrons. The van der Waals surface area contributed by atoms with Gasteiger partial charge in [0.15, 0.2) is 0 Å². The molecule has 0 bridgehead atoms. The maximum Gasteiger partial charge on any atom is 0.343 e. The number of ketones is 1. The summed E-state index contributed by atoms with van der Waals surface area (Å²) in [7, 11) is 0. The Hall–Kier alpha value is -2.42. The molecule has 2 rings (SSSR count). The van der Waals surface area contributed by atoms with Crippen molar-refractivity contribution >= 4 is 11.8 Å². The maximum atomic E-state index is 12.4. The van der Waals surface area contributed by atoms with Gasteiger partial charge in [-0.2, -0.15) is 0 Å². The number of esters is 1. The maximum absolute atomic E-state index is 12.4. The van der Waals surface area contributed by atoms with E-state index in [9.17, 15) is 9.59 Å². The normalized spacial score (nSPS) is 11.9. The fourth-order valence-corrected chi connectivity index (χ4v) is 2.40. The van der Waals surface area contributed by atoms with Crippen LogP contribution in [0, 0.1) is 5.41 Å². The number of ether oxygens (including phenoxy) is 1. The summed E-state index contributed by atoms with van der Waals surface area (Å²) in [5.74, 6) is 0.311. The monoisotopic (exact) mass is 352 g/mol. The molecule has 0 aliphatic rings. The van der Waals surface area contributed by atoms with Crippen LogP contribution in [0.4, 0.5) is 0 Å². The second-order valence-electron chi connectivity index (χ2n) is 8.71. The quantitative estimate of drug-likeness (QED) is 0.549. The second kappa shape index (κ2) is 7.45. The zero-order chi connectivity index (χ0) is 19.5. The first-order valence-corrected chi connectivity index (χ1v) is 8.92. The van der Waals surface area contributed by atoms with Crippen molar-refractivity contribution in [2.45, 2.75) is 53.4 Å². The molecule has 26 heavy (non-hydrogen) atoms. The average Bonchev–Trinajstić information content (AvgIpc) is 2.54. The number of hydrogen-bond acceptors (Lipinski definition) is 3. The van der Waals surface area contributed by atoms with Crippen molar-refractivity contribution in [2.75, 3.05) is 0 Å². The van der Waals surface area contributed by atoms with Crippen molar-refractivity contribution in [3.63, 3.8) is 0 Å². The molecule has 3 nitrogen and oxygen atoms in total. The van der Waals surface area contributed by atoms with E-state index in [1.165, 1.54) is 0 Å². The van der Waals surface area contributed by atoms with Crippen molar-refractivity contribution in [2.24, 2.45) is 5.41 Å². The van der Waals surface area contributed by atoms with E-state index >= 15 is 0 Å². The summed E-state index contributed by atoms with van der Waals surface area (Å²) < 4.78 is 5.51. The number of hydrogen-bond donors (Lipinski definition) is 0. The lowest BCUT2D eigenvalue weighted by Crippen LogP contribution is -2.22. The van der Waals surface area contributed by atoms with E-state index in [1.807, 2.05) is 51.1 Å². The standard InChI is InChI=1S/C23H28O3/c1-22(2,3)18-8-7-9-19(15-18)26-21(25)17-12-10-16(11-13-17)14-20(24)23(4,5)6/h7-13,15H,14H2,1-6H3. The van der Waals surface area contributed by atoms with Crippen molar-refractivity contribution in [1.29, 1.82) is 0 Å². The van der Waals surface area contributed by atoms with E-state index < -0.39 is 5.97 Å². The second-order valence-corrected chi connectivity index (χ2v) is 8.71. The SMILES string of the molecule is CC(C)(C)C(=O)Cc1ccc(C(=O)Oc2cccc(C(C)(C)C)c2)cc1. The highest BCUT2D eigenvalue weighted by atomic mass is 16.5. The average molecular weight is 352 g/mol. The largest absolute Gasteiger partial charge is 0.423 e. The first kappa shape index (κ1) is 19.9. The fraction of sp³-hybridized carbons (Fsp3) is 0.391. The van der Waals surface area contributed by atoms with E-state index in [4.69, 9.17) is 4.74 Å². The van der Waals surface area contributed by atoms with E-state index in [0.717, 1.165) is 11.1 Å². The Bertz CT molecular complexity index is 787. The molecule has 0 N–H and O–H groups in total. The molecule has 0 fully saturated rings. The third-order valence-electron chi connectivity index (χ3n) is 4.30. The summed E-state index contributed by atoms with van der Waals surface area (Å²) in [6.45, 7) is 12.1. The van der Waals surface area contributed by atoms with Gasteiger partial charge >= 0.3 is 5.97 Å². The Morgan fingerprint density at radius 2 is 1.50 bits per heavy atom. The summed E-state index contributed by atoms with van der Waals surface area (Å²) in [4.78, 5) is 24.5. The van der Waals surface area contributed by atoms with E-state index in [2.05, 4.69) is 20.8 Å². The van der Waals surface area contributed by atoms with Crippen LogP contribution in [-0.4, -0.2) is 11.8 Å². The minimum Gasteiger partial charge on any atom is -0.423 e. The molecule has 0 aliphatic heterocycles. The summed E-state index contributed by atoms with van der Waals surface area (Å²) in [6.07, 6.45) is 0.368. The molecule has 0 radical (unpaired) electrons. The number of carbonyl (C=O) groups excluding carboxylic acids is 2. The van der Waals surface area contributed by atoms with Crippen molar-refractivity contribution < 1.29 is 14.3 Å². The van der Waals surface area contributed by atoms with Gasteiger partial charge in [0.25, 0.3) is 0 Å². The molecule has 3 heteroatoms. The van der Waals surface area contributed by atoms with Gasteiger partial charge in [0.2, 0.25) is 0 Å². The van der Waals surface area contributed by atoms with E-state index in [1.54, 1.807) is 18.2 Å². The predicted molar refractivity (Wildman–Crippen MR) is 105 cm³/mol. The van der Waals surface area contributed by atoms with Crippen LogP contribution in [0.1, 0.15) is 63.0 Å². The van der Waals surface area contributed by atoms with Gasteiger partial charge in [0.05, 0.1) is 5.56 Å². The molecule has 0 spiro atoms. The van der Waals surface area contributed by atoms with Gasteiger partial charge in [0.1, 0.15) is 11.5 Å². The molecule has 0 amide bonds. The van der Waals surface area contributed by atoms with Gasteiger partial charge in [-0.1, -0.05) is 65.8 Å². The van der Waals surface area contributed by atoms with Gasteiger partial charge in [-0.3, -0.25) is 4.79 Å². The van der Waals surface area contributed by atoms with Gasteiger partial charge in [-0.15, -0.1) is 0 Å². The summed E-state index contributed by atoms with van der Waals surface area (Å²) >= 11 is 0. The molecule has 0 aliphatic carbocycles. The van der Waals surface area contributed by atoms with E-state index in [-0.39, 0.29) is 16.6 Å². The molecule has 0 saturated carbocycles. The lowest BCUT2D eigenvalue weighted by Gasteiger charge is -2.19. The topological polar surface area (TPSA) is 43.4 Å². The van der Waals surface area contributed by atoms with Crippen LogP contribution < -0.4 is 4.74 Å². The molecule has 2 aromatic rings. The van der Waals surface area contributed by atoms with Crippen molar-refractivity contribution in [1.82, 2.24) is 0 Å². The summed E-state index contributed by atoms with van der Waals surface area (Å²) in [6, 6.07) is 14.6. The highest BCUT2D eigenvalue weighted by molar-refractivity contribution is 5.91. The third-order valence-corrected chi connectivity index (χ3v) is 4.30. The highest BCUT2D eigenvalue weighted by Crippen LogP contribution is 2.26. The Labute approximate surface area is 156 Å². The molecule has 0 unspecified atom stereocenters. The number of benzene rings is 2. The minimum absolute atomic E-state index is 0.0103. The number of rotatable bonds is 4. The number of carbonyl (C=O) groups is 2. The molecule has 0 atom stereocenters. The minimum atomic E-state index is -0.398. The first-order chi connectivity index (χ1) is 12.0. The number of Topliss-reactive ketones (excluding diaryl/α,β-unsaturated/α-hetero) is 1. The first-order valence-electron chi connectivity index (χ1n) is 8.92. The van der Waals surface area contributed by atoms with Gasteiger partial charge < -0.3 is 4.74 Å². The molecular weight excluding hydrogens is 324 g/mol. The molecule has 0 saturated heterocycles. The lowest BCUT2D eigenvalue weighted by molar-refractivity contribution is -0.125. The van der Waals surface area contributed by atoms with Crippen molar-refractivity contribution in [3.05, 3.63) is 65.2 Å². The fourth-order valence-electron chi connectivity index (χ4n) is 2.40. The predicted octanol–water partition coefficient (Wildman–Crippen LogP) is 5.36. The van der Waals surface area contributed by atoms with Crippen LogP contribution in [0.5, 0.6) is 5.75 Å². The molecule has 0 aromatic heterocycles. The third kappa shape index (κ3) is 5.29. The molecule has 0 heterocycles. The lowest BCUT2D eigenvalue weighted by atomic mass is 9.87. The summed E-state index contributed by atoms with van der Waals surface area (Å²) in [5, 5.41) is 0. The zero-order valence-corrected chi connectivity index (χ0v) is 16.6. The smallest absolute Gasteiger partial charge is 0.343 e. The molecular formula is C23H28O3. The Morgan fingerprint density at radius 3 is 2.04 bits per heavy atom. The van der Waals surface area contributed by atoms with Crippen LogP contribution in [0.3, 0.4) is 0 Å². The zero-order valence-electron chi connectivity index (χ0n) is 16.6. The molecule has 2 aromatic carbocycles. The van der Waals surface area contributed by atoms with Gasteiger partial charge in [0, 0.05) is 11.8 Å². The van der Waals surface area contributed by atoms with Gasteiger partial charge in [-0.25, -0.2) is 4.79 Å². The van der Waals surface area contributed by atoms with Gasteiger partial charge in [-0.05, 0) is 40.8 Å². The van der Waals surface area contributed by atoms with Crippen LogP contribution in [-0.2, 0) is 16.6 Å². The Balaban J connectivity index is 2.08. The van der Waals surface area contributed by atoms with Crippen LogP contribution >= 0.6 is 0 Å². The highest BCUT2D eigenvalue weighted by Gasteiger charge is 2.21. The Morgan fingerprint density at radius 1 is 0.885 bits per heavy atom. The van der Waals surface area contributed by atoms with Crippen LogP contribution in [0.15, 0.2) is 48.5 Å². The Kier molecular flexibility index (Phi) is 5.70. The summed E-state index contributed by atoms with van der Waals surface area (Å²) in [5.41, 5.74) is 2.10. The van der Waals surface area contributed by atoms with Crippen molar-refractivity contribution in [3.8, 4) is 5.75 Å². The van der Waals surface area contributed by atoms with Crippen LogP contribution in [0.25, 0.3) is 0 Å². The van der Waals surface area contributed by atoms with Crippen LogP contribution in [0.2, 0.25) is 0 Å². The van der Waals surface area contributed by atoms with E-state index in [0.29, 0.717) is 17.7 Å².